The number of para-hydroxylation sites is 2. The molecule has 2 aromatic carbocycles. The van der Waals surface area contributed by atoms with Gasteiger partial charge in [-0.2, -0.15) is 0 Å². The molecular formula is C25H23N5OS. The molecule has 1 unspecified atom stereocenters. The van der Waals surface area contributed by atoms with Gasteiger partial charge in [0, 0.05) is 46.6 Å². The summed E-state index contributed by atoms with van der Waals surface area (Å²) in [5, 5.41) is 12.5. The van der Waals surface area contributed by atoms with E-state index in [0.29, 0.717) is 0 Å². The Morgan fingerprint density at radius 2 is 2.00 bits per heavy atom. The molecule has 0 saturated carbocycles. The predicted molar refractivity (Wildman–Crippen MR) is 128 cm³/mol. The average molecular weight is 442 g/mol. The molecule has 6 rings (SSSR count). The summed E-state index contributed by atoms with van der Waals surface area (Å²) in [6.45, 7) is 1.59. The molecular weight excluding hydrogens is 418 g/mol. The first-order valence-electron chi connectivity index (χ1n) is 10.9. The van der Waals surface area contributed by atoms with Crippen LogP contribution in [0.4, 0.5) is 0 Å². The molecule has 0 spiro atoms. The Morgan fingerprint density at radius 1 is 1.06 bits per heavy atom. The average Bonchev–Trinajstić information content (AvgIpc) is 3.58. The number of H-pyrrole nitrogens is 1. The van der Waals surface area contributed by atoms with Crippen molar-refractivity contribution >= 4 is 33.6 Å². The molecule has 0 radical (unpaired) electrons. The van der Waals surface area contributed by atoms with Crippen LogP contribution in [0.2, 0.25) is 0 Å². The fraction of sp³-hybridized carbons (Fsp3) is 0.240. The van der Waals surface area contributed by atoms with Gasteiger partial charge in [0.15, 0.2) is 11.0 Å². The van der Waals surface area contributed by atoms with Crippen LogP contribution in [0.3, 0.4) is 0 Å². The van der Waals surface area contributed by atoms with E-state index in [1.165, 1.54) is 5.56 Å². The molecule has 7 heteroatoms. The maximum absolute atomic E-state index is 5.96. The smallest absolute Gasteiger partial charge is 0.191 e. The van der Waals surface area contributed by atoms with E-state index < -0.39 is 0 Å². The Morgan fingerprint density at radius 3 is 2.94 bits per heavy atom. The summed E-state index contributed by atoms with van der Waals surface area (Å²) in [6, 6.07) is 18.7. The molecule has 1 aliphatic heterocycles. The molecule has 1 N–H and O–H groups in total. The van der Waals surface area contributed by atoms with Crippen molar-refractivity contribution in [2.45, 2.75) is 36.4 Å². The van der Waals surface area contributed by atoms with Gasteiger partial charge in [0.1, 0.15) is 0 Å². The van der Waals surface area contributed by atoms with E-state index in [4.69, 9.17) is 4.74 Å². The number of nitrogens with one attached hydrogen (secondary N) is 1. The number of aromatic nitrogens is 5. The monoisotopic (exact) mass is 441 g/mol. The fourth-order valence-corrected chi connectivity index (χ4v) is 5.37. The Hall–Kier alpha value is -3.16. The minimum Gasteiger partial charge on any atom is -0.376 e. The molecule has 3 aromatic heterocycles. The minimum atomic E-state index is 0.202. The summed E-state index contributed by atoms with van der Waals surface area (Å²) in [6.07, 6.45) is 6.27. The van der Waals surface area contributed by atoms with Crippen molar-refractivity contribution < 1.29 is 4.74 Å². The highest BCUT2D eigenvalue weighted by Gasteiger charge is 2.23. The van der Waals surface area contributed by atoms with E-state index in [2.05, 4.69) is 67.2 Å². The van der Waals surface area contributed by atoms with Gasteiger partial charge in [0.25, 0.3) is 0 Å². The molecule has 160 valence electrons. The summed E-state index contributed by atoms with van der Waals surface area (Å²) in [7, 11) is 0. The number of fused-ring (bicyclic) bond motifs is 2. The van der Waals surface area contributed by atoms with Crippen LogP contribution in [0.25, 0.3) is 33.2 Å². The second kappa shape index (κ2) is 8.41. The Labute approximate surface area is 190 Å². The molecule has 1 fully saturated rings. The summed E-state index contributed by atoms with van der Waals surface area (Å²) in [5.41, 5.74) is 4.42. The van der Waals surface area contributed by atoms with Crippen LogP contribution >= 0.6 is 11.8 Å². The van der Waals surface area contributed by atoms with E-state index in [1.54, 1.807) is 11.8 Å². The van der Waals surface area contributed by atoms with Crippen LogP contribution in [0.15, 0.2) is 72.1 Å². The van der Waals surface area contributed by atoms with Gasteiger partial charge in [0.05, 0.1) is 18.2 Å². The summed E-state index contributed by atoms with van der Waals surface area (Å²) in [4.78, 5) is 7.97. The van der Waals surface area contributed by atoms with Crippen LogP contribution in [0, 0.1) is 0 Å². The summed E-state index contributed by atoms with van der Waals surface area (Å²) < 4.78 is 8.19. The SMILES string of the molecule is c1cnc2c(CSc3nnc(-c4c[nH]c5ccccc45)n3CC3CCCO3)cccc2c1. The van der Waals surface area contributed by atoms with Crippen molar-refractivity contribution in [1.29, 1.82) is 0 Å². The number of aromatic amines is 1. The lowest BCUT2D eigenvalue weighted by atomic mass is 10.1. The second-order valence-electron chi connectivity index (χ2n) is 8.08. The van der Waals surface area contributed by atoms with Gasteiger partial charge in [-0.05, 0) is 30.5 Å². The zero-order chi connectivity index (χ0) is 21.3. The van der Waals surface area contributed by atoms with Crippen molar-refractivity contribution in [3.8, 4) is 11.4 Å². The number of ether oxygens (including phenoxy) is 1. The van der Waals surface area contributed by atoms with E-state index in [0.717, 1.165) is 70.1 Å². The van der Waals surface area contributed by atoms with E-state index >= 15 is 0 Å². The number of pyridine rings is 1. The highest BCUT2D eigenvalue weighted by Crippen LogP contribution is 2.33. The van der Waals surface area contributed by atoms with Crippen molar-refractivity contribution in [3.63, 3.8) is 0 Å². The maximum atomic E-state index is 5.96. The predicted octanol–water partition coefficient (Wildman–Crippen LogP) is 5.45. The van der Waals surface area contributed by atoms with Crippen LogP contribution in [-0.2, 0) is 17.0 Å². The maximum Gasteiger partial charge on any atom is 0.191 e. The molecule has 1 saturated heterocycles. The number of benzene rings is 2. The Bertz CT molecular complexity index is 1380. The Kier molecular flexibility index (Phi) is 5.13. The Balaban J connectivity index is 1.36. The van der Waals surface area contributed by atoms with Crippen LogP contribution in [0.5, 0.6) is 0 Å². The topological polar surface area (TPSA) is 68.6 Å². The minimum absolute atomic E-state index is 0.202. The normalized spacial score (nSPS) is 16.3. The van der Waals surface area contributed by atoms with Crippen molar-refractivity contribution in [2.75, 3.05) is 6.61 Å². The first-order valence-corrected chi connectivity index (χ1v) is 11.9. The summed E-state index contributed by atoms with van der Waals surface area (Å²) >= 11 is 1.71. The van der Waals surface area contributed by atoms with Gasteiger partial charge in [-0.1, -0.05) is 54.2 Å². The molecule has 0 bridgehead atoms. The molecule has 6 nitrogen and oxygen atoms in total. The van der Waals surface area contributed by atoms with Gasteiger partial charge in [-0.15, -0.1) is 10.2 Å². The molecule has 5 aromatic rings. The number of rotatable bonds is 6. The van der Waals surface area contributed by atoms with E-state index in [-0.39, 0.29) is 6.10 Å². The van der Waals surface area contributed by atoms with Gasteiger partial charge < -0.3 is 9.72 Å². The molecule has 1 aliphatic rings. The van der Waals surface area contributed by atoms with Gasteiger partial charge in [0.2, 0.25) is 0 Å². The fourth-order valence-electron chi connectivity index (χ4n) is 4.43. The van der Waals surface area contributed by atoms with Gasteiger partial charge in [-0.3, -0.25) is 9.55 Å². The molecule has 0 aliphatic carbocycles. The lowest BCUT2D eigenvalue weighted by Gasteiger charge is -2.14. The highest BCUT2D eigenvalue weighted by molar-refractivity contribution is 7.98. The summed E-state index contributed by atoms with van der Waals surface area (Å²) in [5.74, 6) is 1.67. The lowest BCUT2D eigenvalue weighted by Crippen LogP contribution is -2.16. The van der Waals surface area contributed by atoms with Crippen LogP contribution in [-0.4, -0.2) is 37.4 Å². The van der Waals surface area contributed by atoms with Crippen LogP contribution in [0.1, 0.15) is 18.4 Å². The molecule has 4 heterocycles. The number of hydrogen-bond donors (Lipinski definition) is 1. The zero-order valence-corrected chi connectivity index (χ0v) is 18.4. The van der Waals surface area contributed by atoms with Crippen molar-refractivity contribution in [2.24, 2.45) is 0 Å². The van der Waals surface area contributed by atoms with Crippen molar-refractivity contribution in [1.82, 2.24) is 24.7 Å². The van der Waals surface area contributed by atoms with Gasteiger partial charge in [-0.25, -0.2) is 0 Å². The third kappa shape index (κ3) is 3.57. The second-order valence-corrected chi connectivity index (χ2v) is 9.02. The van der Waals surface area contributed by atoms with E-state index in [9.17, 15) is 0 Å². The largest absolute Gasteiger partial charge is 0.376 e. The molecule has 0 amide bonds. The standard InChI is InChI=1S/C25H23N5OS/c1-2-11-22-20(10-1)21(14-27-22)24-28-29-25(30(24)15-19-9-5-13-31-19)32-16-18-7-3-6-17-8-4-12-26-23(17)18/h1-4,6-8,10-12,14,19,27H,5,9,13,15-16H2. The molecule has 32 heavy (non-hydrogen) atoms. The van der Waals surface area contributed by atoms with Crippen molar-refractivity contribution in [3.05, 3.63) is 72.6 Å². The first-order chi connectivity index (χ1) is 15.9. The third-order valence-electron chi connectivity index (χ3n) is 6.03. The number of hydrogen-bond acceptors (Lipinski definition) is 5. The van der Waals surface area contributed by atoms with Gasteiger partial charge >= 0.3 is 0 Å². The number of nitrogens with zero attached hydrogens (tertiary/aromatic N) is 4. The number of thioether (sulfide) groups is 1. The zero-order valence-electron chi connectivity index (χ0n) is 17.6. The highest BCUT2D eigenvalue weighted by atomic mass is 32.2. The third-order valence-corrected chi connectivity index (χ3v) is 7.05. The lowest BCUT2D eigenvalue weighted by molar-refractivity contribution is 0.0953. The quantitative estimate of drug-likeness (QED) is 0.355. The first kappa shape index (κ1) is 19.5. The molecule has 1 atom stereocenters. The van der Waals surface area contributed by atoms with Crippen LogP contribution < -0.4 is 0 Å². The van der Waals surface area contributed by atoms with E-state index in [1.807, 2.05) is 24.5 Å².